The molecule has 2 heterocycles. The Bertz CT molecular complexity index is 1080. The summed E-state index contributed by atoms with van der Waals surface area (Å²) in [5.74, 6) is 0. The van der Waals surface area contributed by atoms with Crippen molar-refractivity contribution in [2.24, 2.45) is 0 Å². The first kappa shape index (κ1) is 14.9. The van der Waals surface area contributed by atoms with Gasteiger partial charge in [-0.25, -0.2) is 4.98 Å². The predicted octanol–water partition coefficient (Wildman–Crippen LogP) is 0.869. The molecule has 3 rings (SSSR count). The van der Waals surface area contributed by atoms with E-state index in [0.717, 1.165) is 12.1 Å². The molecule has 0 atom stereocenters. The fourth-order valence-electron chi connectivity index (χ4n) is 2.16. The van der Waals surface area contributed by atoms with E-state index in [0.29, 0.717) is 0 Å². The zero-order chi connectivity index (χ0) is 16.8. The molecular weight excluding hydrogens is 328 g/mol. The lowest BCUT2D eigenvalue weighted by Crippen LogP contribution is -2.17. The third-order valence-electron chi connectivity index (χ3n) is 3.16. The van der Waals surface area contributed by atoms with Crippen LogP contribution in [0.25, 0.3) is 16.6 Å². The zero-order valence-corrected chi connectivity index (χ0v) is 12.0. The van der Waals surface area contributed by atoms with Crippen LogP contribution in [0.2, 0.25) is 0 Å². The molecule has 0 radical (unpaired) electrons. The van der Waals surface area contributed by atoms with Gasteiger partial charge in [0.15, 0.2) is 4.90 Å². The standard InChI is InChI=1S/C12H8N4O6S/c17-12-11(23(20,21)22)4-7-3-9(15-2-1-13-6-15)10(16(18)19)5-8(7)14-12/h1-6H,(H,14,17)(H,20,21,22). The van der Waals surface area contributed by atoms with Gasteiger partial charge in [0.25, 0.3) is 21.4 Å². The number of aromatic nitrogens is 3. The number of aromatic amines is 1. The molecule has 2 N–H and O–H groups in total. The van der Waals surface area contributed by atoms with Gasteiger partial charge in [0.05, 0.1) is 16.8 Å². The van der Waals surface area contributed by atoms with Crippen LogP contribution in [0, 0.1) is 10.1 Å². The molecule has 11 heteroatoms. The SMILES string of the molecule is O=c1[nH]c2cc([N+](=O)[O-])c(-n3ccnc3)cc2cc1S(=O)(=O)O. The fourth-order valence-corrected chi connectivity index (χ4v) is 2.72. The van der Waals surface area contributed by atoms with Gasteiger partial charge < -0.3 is 9.55 Å². The molecule has 0 aliphatic carbocycles. The Kier molecular flexibility index (Phi) is 3.23. The Morgan fingerprint density at radius 1 is 1.30 bits per heavy atom. The van der Waals surface area contributed by atoms with Crippen molar-refractivity contribution in [3.8, 4) is 5.69 Å². The maximum absolute atomic E-state index is 11.7. The van der Waals surface area contributed by atoms with Crippen LogP contribution in [0.3, 0.4) is 0 Å². The molecule has 0 unspecified atom stereocenters. The number of rotatable bonds is 3. The quantitative estimate of drug-likeness (QED) is 0.409. The van der Waals surface area contributed by atoms with Crippen molar-refractivity contribution >= 4 is 26.7 Å². The van der Waals surface area contributed by atoms with Gasteiger partial charge in [0, 0.05) is 23.8 Å². The minimum absolute atomic E-state index is 0.0676. The Hall–Kier alpha value is -3.05. The number of nitro groups is 1. The molecule has 0 saturated heterocycles. The van der Waals surface area contributed by atoms with Crippen molar-refractivity contribution < 1.29 is 17.9 Å². The van der Waals surface area contributed by atoms with Crippen molar-refractivity contribution in [2.45, 2.75) is 4.90 Å². The average Bonchev–Trinajstić information content (AvgIpc) is 2.98. The number of pyridine rings is 1. The number of nitrogens with one attached hydrogen (secondary N) is 1. The molecule has 2 aromatic heterocycles. The highest BCUT2D eigenvalue weighted by Gasteiger charge is 2.20. The van der Waals surface area contributed by atoms with Crippen molar-refractivity contribution in [1.29, 1.82) is 0 Å². The summed E-state index contributed by atoms with van der Waals surface area (Å²) < 4.78 is 32.8. The molecule has 10 nitrogen and oxygen atoms in total. The zero-order valence-electron chi connectivity index (χ0n) is 11.2. The van der Waals surface area contributed by atoms with Crippen LogP contribution >= 0.6 is 0 Å². The second-order valence-electron chi connectivity index (χ2n) is 4.59. The highest BCUT2D eigenvalue weighted by atomic mass is 32.2. The van der Waals surface area contributed by atoms with Crippen LogP contribution in [0.5, 0.6) is 0 Å². The normalized spacial score (nSPS) is 11.7. The summed E-state index contributed by atoms with van der Waals surface area (Å²) in [7, 11) is -4.71. The second kappa shape index (κ2) is 5.00. The Labute approximate surface area is 127 Å². The van der Waals surface area contributed by atoms with Gasteiger partial charge in [-0.3, -0.25) is 19.5 Å². The minimum atomic E-state index is -4.71. The maximum Gasteiger partial charge on any atom is 0.300 e. The topological polar surface area (TPSA) is 148 Å². The molecule has 0 aliphatic heterocycles. The number of hydrogen-bond acceptors (Lipinski definition) is 6. The summed E-state index contributed by atoms with van der Waals surface area (Å²) in [6.45, 7) is 0. The fraction of sp³-hybridized carbons (Fsp3) is 0. The van der Waals surface area contributed by atoms with Gasteiger partial charge in [-0.05, 0) is 12.1 Å². The largest absolute Gasteiger partial charge is 0.320 e. The van der Waals surface area contributed by atoms with E-state index in [4.69, 9.17) is 4.55 Å². The lowest BCUT2D eigenvalue weighted by molar-refractivity contribution is -0.384. The molecule has 0 bridgehead atoms. The van der Waals surface area contributed by atoms with Crippen molar-refractivity contribution in [3.63, 3.8) is 0 Å². The first-order valence-corrected chi connectivity index (χ1v) is 7.52. The molecule has 0 amide bonds. The number of nitro benzene ring substituents is 1. The molecule has 118 valence electrons. The van der Waals surface area contributed by atoms with Gasteiger partial charge in [0.1, 0.15) is 5.69 Å². The summed E-state index contributed by atoms with van der Waals surface area (Å²) in [6.07, 6.45) is 4.23. The van der Waals surface area contributed by atoms with E-state index in [9.17, 15) is 23.3 Å². The molecular formula is C12H8N4O6S. The second-order valence-corrected chi connectivity index (χ2v) is 5.98. The maximum atomic E-state index is 11.7. The molecule has 0 fully saturated rings. The summed E-state index contributed by atoms with van der Waals surface area (Å²) in [5, 5.41) is 11.4. The summed E-state index contributed by atoms with van der Waals surface area (Å²) in [6, 6.07) is 3.38. The van der Waals surface area contributed by atoms with E-state index in [-0.39, 0.29) is 22.3 Å². The molecule has 0 saturated carbocycles. The number of fused-ring (bicyclic) bond motifs is 1. The molecule has 23 heavy (non-hydrogen) atoms. The van der Waals surface area contributed by atoms with Crippen LogP contribution in [-0.4, -0.2) is 32.4 Å². The van der Waals surface area contributed by atoms with E-state index >= 15 is 0 Å². The Morgan fingerprint density at radius 2 is 2.04 bits per heavy atom. The predicted molar refractivity (Wildman–Crippen MR) is 78.2 cm³/mol. The highest BCUT2D eigenvalue weighted by Crippen LogP contribution is 2.28. The number of hydrogen-bond donors (Lipinski definition) is 2. The third-order valence-corrected chi connectivity index (χ3v) is 4.02. The van der Waals surface area contributed by atoms with E-state index in [1.54, 1.807) is 0 Å². The van der Waals surface area contributed by atoms with Crippen molar-refractivity contribution in [2.75, 3.05) is 0 Å². The van der Waals surface area contributed by atoms with Gasteiger partial charge in [-0.1, -0.05) is 0 Å². The van der Waals surface area contributed by atoms with Crippen LogP contribution in [0.1, 0.15) is 0 Å². The highest BCUT2D eigenvalue weighted by molar-refractivity contribution is 7.85. The minimum Gasteiger partial charge on any atom is -0.320 e. The summed E-state index contributed by atoms with van der Waals surface area (Å²) >= 11 is 0. The smallest absolute Gasteiger partial charge is 0.300 e. The number of benzene rings is 1. The van der Waals surface area contributed by atoms with Crippen molar-refractivity contribution in [1.82, 2.24) is 14.5 Å². The molecule has 1 aromatic carbocycles. The summed E-state index contributed by atoms with van der Waals surface area (Å²) in [5.41, 5.74) is -1.17. The lowest BCUT2D eigenvalue weighted by atomic mass is 10.1. The van der Waals surface area contributed by atoms with Crippen LogP contribution in [0.4, 0.5) is 5.69 Å². The Morgan fingerprint density at radius 3 is 2.61 bits per heavy atom. The van der Waals surface area contributed by atoms with Crippen LogP contribution < -0.4 is 5.56 Å². The third kappa shape index (κ3) is 2.58. The van der Waals surface area contributed by atoms with Gasteiger partial charge in [0.2, 0.25) is 0 Å². The Balaban J connectivity index is 2.40. The van der Waals surface area contributed by atoms with Crippen LogP contribution in [-0.2, 0) is 10.1 Å². The van der Waals surface area contributed by atoms with E-state index < -0.39 is 25.5 Å². The molecule has 0 aliphatic rings. The first-order chi connectivity index (χ1) is 10.8. The molecule has 3 aromatic rings. The molecule has 0 spiro atoms. The first-order valence-electron chi connectivity index (χ1n) is 6.08. The van der Waals surface area contributed by atoms with E-state index in [1.807, 2.05) is 0 Å². The van der Waals surface area contributed by atoms with Crippen LogP contribution in [0.15, 0.2) is 46.6 Å². The van der Waals surface area contributed by atoms with Gasteiger partial charge in [-0.15, -0.1) is 0 Å². The van der Waals surface area contributed by atoms with Gasteiger partial charge in [-0.2, -0.15) is 8.42 Å². The average molecular weight is 336 g/mol. The summed E-state index contributed by atoms with van der Waals surface area (Å²) in [4.78, 5) is 27.4. The van der Waals surface area contributed by atoms with Gasteiger partial charge >= 0.3 is 0 Å². The number of imidazole rings is 1. The van der Waals surface area contributed by atoms with Crippen molar-refractivity contribution in [3.05, 3.63) is 57.4 Å². The monoisotopic (exact) mass is 336 g/mol. The van der Waals surface area contributed by atoms with E-state index in [1.165, 1.54) is 29.4 Å². The number of nitrogens with zero attached hydrogens (tertiary/aromatic N) is 3. The van der Waals surface area contributed by atoms with E-state index in [2.05, 4.69) is 9.97 Å². The lowest BCUT2D eigenvalue weighted by Gasteiger charge is -2.07. The number of H-pyrrole nitrogens is 1.